The van der Waals surface area contributed by atoms with E-state index in [1.54, 1.807) is 6.92 Å². The Morgan fingerprint density at radius 3 is 2.68 bits per heavy atom. The third-order valence-corrected chi connectivity index (χ3v) is 4.19. The second-order valence-electron chi connectivity index (χ2n) is 3.68. The zero-order valence-electron chi connectivity index (χ0n) is 10.2. The Labute approximate surface area is 119 Å². The van der Waals surface area contributed by atoms with Gasteiger partial charge in [-0.05, 0) is 25.1 Å². The highest BCUT2D eigenvalue weighted by molar-refractivity contribution is 9.10. The summed E-state index contributed by atoms with van der Waals surface area (Å²) in [7, 11) is -3.94. The molecule has 0 saturated heterocycles. The third-order valence-electron chi connectivity index (χ3n) is 2.20. The standard InChI is InChI=1S/C11H14BrFN2O3S/c1-2-14-11(16)5-6-15-19(17,18)10-4-3-8(12)7-9(10)13/h3-4,7,15H,2,5-6H2,1H3,(H,14,16). The fourth-order valence-corrected chi connectivity index (χ4v) is 2.78. The molecule has 0 aromatic heterocycles. The van der Waals surface area contributed by atoms with Gasteiger partial charge in [-0.25, -0.2) is 17.5 Å². The van der Waals surface area contributed by atoms with E-state index >= 15 is 0 Å². The molecule has 0 aliphatic carbocycles. The van der Waals surface area contributed by atoms with Crippen molar-refractivity contribution in [2.75, 3.05) is 13.1 Å². The van der Waals surface area contributed by atoms with E-state index in [4.69, 9.17) is 0 Å². The molecule has 0 saturated carbocycles. The van der Waals surface area contributed by atoms with Crippen molar-refractivity contribution < 1.29 is 17.6 Å². The number of carbonyl (C=O) groups is 1. The van der Waals surface area contributed by atoms with Gasteiger partial charge >= 0.3 is 0 Å². The molecule has 0 spiro atoms. The number of benzene rings is 1. The molecular weight excluding hydrogens is 339 g/mol. The third kappa shape index (κ3) is 4.88. The molecule has 1 amide bonds. The highest BCUT2D eigenvalue weighted by Crippen LogP contribution is 2.19. The first-order chi connectivity index (χ1) is 8.86. The number of nitrogens with one attached hydrogen (secondary N) is 2. The lowest BCUT2D eigenvalue weighted by Gasteiger charge is -2.08. The predicted molar refractivity (Wildman–Crippen MR) is 72.6 cm³/mol. The molecule has 1 aromatic rings. The van der Waals surface area contributed by atoms with Crippen molar-refractivity contribution in [1.29, 1.82) is 0 Å². The molecule has 1 aromatic carbocycles. The van der Waals surface area contributed by atoms with Crippen molar-refractivity contribution in [3.63, 3.8) is 0 Å². The SMILES string of the molecule is CCNC(=O)CCNS(=O)(=O)c1ccc(Br)cc1F. The molecule has 0 radical (unpaired) electrons. The zero-order chi connectivity index (χ0) is 14.5. The number of hydrogen-bond donors (Lipinski definition) is 2. The molecule has 2 N–H and O–H groups in total. The van der Waals surface area contributed by atoms with Crippen LogP contribution in [0.15, 0.2) is 27.6 Å². The monoisotopic (exact) mass is 352 g/mol. The maximum absolute atomic E-state index is 13.5. The van der Waals surface area contributed by atoms with Crippen molar-refractivity contribution in [3.8, 4) is 0 Å². The first-order valence-electron chi connectivity index (χ1n) is 5.58. The molecule has 0 unspecified atom stereocenters. The molecule has 0 bridgehead atoms. The van der Waals surface area contributed by atoms with Crippen LogP contribution in [0.5, 0.6) is 0 Å². The van der Waals surface area contributed by atoms with Gasteiger partial charge < -0.3 is 5.32 Å². The van der Waals surface area contributed by atoms with Crippen molar-refractivity contribution in [3.05, 3.63) is 28.5 Å². The average molecular weight is 353 g/mol. The number of halogens is 2. The van der Waals surface area contributed by atoms with Crippen LogP contribution in [0.4, 0.5) is 4.39 Å². The van der Waals surface area contributed by atoms with Gasteiger partial charge in [0.2, 0.25) is 15.9 Å². The summed E-state index contributed by atoms with van der Waals surface area (Å²) in [6, 6.07) is 3.66. The van der Waals surface area contributed by atoms with Gasteiger partial charge in [-0.15, -0.1) is 0 Å². The van der Waals surface area contributed by atoms with Gasteiger partial charge in [-0.2, -0.15) is 0 Å². The number of amides is 1. The fraction of sp³-hybridized carbons (Fsp3) is 0.364. The summed E-state index contributed by atoms with van der Waals surface area (Å²) in [5, 5.41) is 2.54. The van der Waals surface area contributed by atoms with Crippen LogP contribution in [0.25, 0.3) is 0 Å². The largest absolute Gasteiger partial charge is 0.356 e. The van der Waals surface area contributed by atoms with Gasteiger partial charge in [0.15, 0.2) is 0 Å². The Morgan fingerprint density at radius 2 is 2.11 bits per heavy atom. The lowest BCUT2D eigenvalue weighted by molar-refractivity contribution is -0.120. The Morgan fingerprint density at radius 1 is 1.42 bits per heavy atom. The van der Waals surface area contributed by atoms with Crippen LogP contribution in [0.1, 0.15) is 13.3 Å². The van der Waals surface area contributed by atoms with E-state index in [0.29, 0.717) is 11.0 Å². The van der Waals surface area contributed by atoms with Gasteiger partial charge in [-0.1, -0.05) is 15.9 Å². The summed E-state index contributed by atoms with van der Waals surface area (Å²) in [6.45, 7) is 2.16. The number of sulfonamides is 1. The molecule has 0 aliphatic heterocycles. The Balaban J connectivity index is 2.68. The van der Waals surface area contributed by atoms with E-state index in [2.05, 4.69) is 26.0 Å². The predicted octanol–water partition coefficient (Wildman–Crippen LogP) is 1.39. The van der Waals surface area contributed by atoms with Crippen molar-refractivity contribution in [2.24, 2.45) is 0 Å². The van der Waals surface area contributed by atoms with Gasteiger partial charge in [0.25, 0.3) is 0 Å². The second kappa shape index (κ2) is 6.97. The Kier molecular flexibility index (Phi) is 5.89. The second-order valence-corrected chi connectivity index (χ2v) is 6.33. The molecule has 0 fully saturated rings. The minimum atomic E-state index is -3.94. The van der Waals surface area contributed by atoms with Crippen LogP contribution in [0, 0.1) is 5.82 Å². The smallest absolute Gasteiger partial charge is 0.243 e. The van der Waals surface area contributed by atoms with Crippen molar-refractivity contribution >= 4 is 31.9 Å². The quantitative estimate of drug-likeness (QED) is 0.812. The van der Waals surface area contributed by atoms with Crippen LogP contribution in [0.2, 0.25) is 0 Å². The Bertz CT molecular complexity index is 563. The maximum atomic E-state index is 13.5. The topological polar surface area (TPSA) is 75.3 Å². The van der Waals surface area contributed by atoms with Crippen LogP contribution in [-0.2, 0) is 14.8 Å². The normalized spacial score (nSPS) is 11.3. The molecule has 8 heteroatoms. The van der Waals surface area contributed by atoms with E-state index in [1.165, 1.54) is 6.07 Å². The van der Waals surface area contributed by atoms with Gasteiger partial charge in [0.05, 0.1) is 0 Å². The molecule has 1 rings (SSSR count). The molecule has 0 atom stereocenters. The van der Waals surface area contributed by atoms with E-state index in [1.807, 2.05) is 0 Å². The lowest BCUT2D eigenvalue weighted by Crippen LogP contribution is -2.31. The zero-order valence-corrected chi connectivity index (χ0v) is 12.6. The van der Waals surface area contributed by atoms with Crippen LogP contribution in [0.3, 0.4) is 0 Å². The van der Waals surface area contributed by atoms with E-state index in [-0.39, 0.29) is 18.9 Å². The van der Waals surface area contributed by atoms with Crippen molar-refractivity contribution in [2.45, 2.75) is 18.2 Å². The van der Waals surface area contributed by atoms with Gasteiger partial charge in [0.1, 0.15) is 10.7 Å². The minimum absolute atomic E-state index is 0.00518. The average Bonchev–Trinajstić information content (AvgIpc) is 2.28. The van der Waals surface area contributed by atoms with Crippen LogP contribution in [-0.4, -0.2) is 27.4 Å². The highest BCUT2D eigenvalue weighted by atomic mass is 79.9. The number of rotatable bonds is 6. The molecule has 0 heterocycles. The molecular formula is C11H14BrFN2O3S. The molecule has 5 nitrogen and oxygen atoms in total. The van der Waals surface area contributed by atoms with E-state index in [9.17, 15) is 17.6 Å². The fourth-order valence-electron chi connectivity index (χ4n) is 1.36. The van der Waals surface area contributed by atoms with E-state index in [0.717, 1.165) is 12.1 Å². The number of carbonyl (C=O) groups excluding carboxylic acids is 1. The van der Waals surface area contributed by atoms with Crippen LogP contribution < -0.4 is 10.0 Å². The first kappa shape index (κ1) is 16.1. The summed E-state index contributed by atoms with van der Waals surface area (Å²) >= 11 is 3.04. The van der Waals surface area contributed by atoms with E-state index < -0.39 is 20.7 Å². The summed E-state index contributed by atoms with van der Waals surface area (Å²) in [6.07, 6.45) is 0.00518. The number of hydrogen-bond acceptors (Lipinski definition) is 3. The van der Waals surface area contributed by atoms with Gasteiger partial charge in [0, 0.05) is 24.0 Å². The summed E-state index contributed by atoms with van der Waals surface area (Å²) < 4.78 is 39.8. The summed E-state index contributed by atoms with van der Waals surface area (Å²) in [5.74, 6) is -1.11. The maximum Gasteiger partial charge on any atom is 0.243 e. The lowest BCUT2D eigenvalue weighted by atomic mass is 10.3. The molecule has 19 heavy (non-hydrogen) atoms. The van der Waals surface area contributed by atoms with Crippen LogP contribution >= 0.6 is 15.9 Å². The molecule has 106 valence electrons. The van der Waals surface area contributed by atoms with Crippen molar-refractivity contribution in [1.82, 2.24) is 10.0 Å². The minimum Gasteiger partial charge on any atom is -0.356 e. The Hall–Kier alpha value is -0.990. The summed E-state index contributed by atoms with van der Waals surface area (Å²) in [4.78, 5) is 10.7. The summed E-state index contributed by atoms with van der Waals surface area (Å²) in [5.41, 5.74) is 0. The highest BCUT2D eigenvalue weighted by Gasteiger charge is 2.18. The first-order valence-corrected chi connectivity index (χ1v) is 7.86. The molecule has 0 aliphatic rings. The van der Waals surface area contributed by atoms with Gasteiger partial charge in [-0.3, -0.25) is 4.79 Å².